The quantitative estimate of drug-likeness (QED) is 0.919. The molecular formula is C16H19FN4. The summed E-state index contributed by atoms with van der Waals surface area (Å²) in [4.78, 5) is 0. The Morgan fingerprint density at radius 3 is 2.81 bits per heavy atom. The maximum absolute atomic E-state index is 13.1. The first-order valence-electron chi connectivity index (χ1n) is 6.94. The van der Waals surface area contributed by atoms with Crippen LogP contribution in [0.5, 0.6) is 0 Å². The van der Waals surface area contributed by atoms with Gasteiger partial charge in [-0.3, -0.25) is 4.68 Å². The summed E-state index contributed by atoms with van der Waals surface area (Å²) in [6.07, 6.45) is 3.83. The number of nitrogens with zero attached hydrogens (tertiary/aromatic N) is 3. The van der Waals surface area contributed by atoms with Gasteiger partial charge in [-0.25, -0.2) is 4.39 Å². The number of hydrogen-bond acceptors (Lipinski definition) is 3. The molecule has 0 bridgehead atoms. The fourth-order valence-electron chi connectivity index (χ4n) is 2.13. The van der Waals surface area contributed by atoms with Crippen molar-refractivity contribution in [1.29, 1.82) is 5.26 Å². The topological polar surface area (TPSA) is 53.6 Å². The standard InChI is InChI=1S/C16H19FN4/c1-11-8-20-21(10-11)13(3)12(2)19-9-14-4-5-16(17)6-15(14)7-18/h4-6,8,10,12-13,19H,9H2,1-3H3/t12-,13+/m0/s1. The molecule has 1 heterocycles. The zero-order valence-electron chi connectivity index (χ0n) is 12.5. The van der Waals surface area contributed by atoms with E-state index in [9.17, 15) is 4.39 Å². The second-order valence-electron chi connectivity index (χ2n) is 5.32. The second kappa shape index (κ2) is 6.51. The first kappa shape index (κ1) is 15.2. The molecule has 0 fully saturated rings. The summed E-state index contributed by atoms with van der Waals surface area (Å²) in [5, 5.41) is 16.7. The van der Waals surface area contributed by atoms with Crippen molar-refractivity contribution in [2.24, 2.45) is 0 Å². The second-order valence-corrected chi connectivity index (χ2v) is 5.32. The summed E-state index contributed by atoms with van der Waals surface area (Å²) in [6.45, 7) is 6.68. The minimum absolute atomic E-state index is 0.167. The van der Waals surface area contributed by atoms with E-state index >= 15 is 0 Å². The van der Waals surface area contributed by atoms with Crippen LogP contribution in [0.4, 0.5) is 4.39 Å². The lowest BCUT2D eigenvalue weighted by atomic mass is 10.1. The molecule has 0 radical (unpaired) electrons. The summed E-state index contributed by atoms with van der Waals surface area (Å²) in [6, 6.07) is 6.67. The van der Waals surface area contributed by atoms with Gasteiger partial charge >= 0.3 is 0 Å². The number of hydrogen-bond donors (Lipinski definition) is 1. The Hall–Kier alpha value is -2.19. The SMILES string of the molecule is Cc1cnn([C@H](C)[C@H](C)NCc2ccc(F)cc2C#N)c1. The molecule has 1 aromatic carbocycles. The van der Waals surface area contributed by atoms with Crippen molar-refractivity contribution in [1.82, 2.24) is 15.1 Å². The number of nitriles is 1. The number of benzene rings is 1. The highest BCUT2D eigenvalue weighted by molar-refractivity contribution is 5.37. The number of aryl methyl sites for hydroxylation is 1. The molecule has 0 saturated carbocycles. The molecule has 0 aliphatic rings. The lowest BCUT2D eigenvalue weighted by Gasteiger charge is -2.22. The summed E-state index contributed by atoms with van der Waals surface area (Å²) < 4.78 is 15.0. The van der Waals surface area contributed by atoms with E-state index in [1.165, 1.54) is 12.1 Å². The Balaban J connectivity index is 2.01. The summed E-state index contributed by atoms with van der Waals surface area (Å²) in [5.41, 5.74) is 2.30. The maximum Gasteiger partial charge on any atom is 0.124 e. The molecule has 0 saturated heterocycles. The fraction of sp³-hybridized carbons (Fsp3) is 0.375. The van der Waals surface area contributed by atoms with E-state index in [0.717, 1.165) is 11.1 Å². The van der Waals surface area contributed by atoms with Crippen LogP contribution >= 0.6 is 0 Å². The van der Waals surface area contributed by atoms with Crippen molar-refractivity contribution < 1.29 is 4.39 Å². The molecule has 0 amide bonds. The number of nitrogens with one attached hydrogen (secondary N) is 1. The van der Waals surface area contributed by atoms with Crippen LogP contribution < -0.4 is 5.32 Å². The zero-order valence-corrected chi connectivity index (χ0v) is 12.5. The third kappa shape index (κ3) is 3.67. The van der Waals surface area contributed by atoms with E-state index < -0.39 is 0 Å². The first-order chi connectivity index (χ1) is 10.0. The van der Waals surface area contributed by atoms with Crippen LogP contribution in [0.2, 0.25) is 0 Å². The number of rotatable bonds is 5. The molecule has 4 nitrogen and oxygen atoms in total. The maximum atomic E-state index is 13.1. The minimum Gasteiger partial charge on any atom is -0.308 e. The van der Waals surface area contributed by atoms with Gasteiger partial charge in [-0.2, -0.15) is 10.4 Å². The third-order valence-electron chi connectivity index (χ3n) is 3.68. The summed E-state index contributed by atoms with van der Waals surface area (Å²) in [5.74, 6) is -0.385. The predicted octanol–water partition coefficient (Wildman–Crippen LogP) is 2.94. The van der Waals surface area contributed by atoms with Gasteiger partial charge in [0.05, 0.1) is 23.9 Å². The molecule has 110 valence electrons. The largest absolute Gasteiger partial charge is 0.308 e. The Labute approximate surface area is 124 Å². The molecule has 0 aliphatic carbocycles. The van der Waals surface area contributed by atoms with Crippen LogP contribution in [0.3, 0.4) is 0 Å². The Kier molecular flexibility index (Phi) is 4.71. The van der Waals surface area contributed by atoms with Crippen molar-refractivity contribution in [3.63, 3.8) is 0 Å². The molecule has 0 unspecified atom stereocenters. The van der Waals surface area contributed by atoms with Gasteiger partial charge in [0, 0.05) is 18.8 Å². The highest BCUT2D eigenvalue weighted by atomic mass is 19.1. The van der Waals surface area contributed by atoms with E-state index in [2.05, 4.69) is 24.3 Å². The van der Waals surface area contributed by atoms with Crippen molar-refractivity contribution in [3.05, 3.63) is 53.1 Å². The fourth-order valence-corrected chi connectivity index (χ4v) is 2.13. The molecule has 5 heteroatoms. The van der Waals surface area contributed by atoms with Gasteiger partial charge in [-0.1, -0.05) is 6.07 Å². The monoisotopic (exact) mass is 286 g/mol. The summed E-state index contributed by atoms with van der Waals surface area (Å²) in [7, 11) is 0. The molecule has 2 aromatic rings. The van der Waals surface area contributed by atoms with Gasteiger partial charge in [-0.05, 0) is 44.0 Å². The van der Waals surface area contributed by atoms with Crippen molar-refractivity contribution in [2.45, 2.75) is 39.4 Å². The van der Waals surface area contributed by atoms with Gasteiger partial charge in [0.2, 0.25) is 0 Å². The Bertz CT molecular complexity index is 657. The summed E-state index contributed by atoms with van der Waals surface area (Å²) >= 11 is 0. The smallest absolute Gasteiger partial charge is 0.124 e. The van der Waals surface area contributed by atoms with Gasteiger partial charge in [-0.15, -0.1) is 0 Å². The van der Waals surface area contributed by atoms with E-state index in [-0.39, 0.29) is 17.9 Å². The van der Waals surface area contributed by atoms with Crippen LogP contribution in [0.25, 0.3) is 0 Å². The highest BCUT2D eigenvalue weighted by Crippen LogP contribution is 2.14. The van der Waals surface area contributed by atoms with Crippen LogP contribution in [0.15, 0.2) is 30.6 Å². The normalized spacial score (nSPS) is 13.7. The molecule has 2 rings (SSSR count). The van der Waals surface area contributed by atoms with E-state index in [1.54, 1.807) is 6.07 Å². The number of aromatic nitrogens is 2. The molecule has 0 aliphatic heterocycles. The van der Waals surface area contributed by atoms with Crippen molar-refractivity contribution in [3.8, 4) is 6.07 Å². The number of halogens is 1. The van der Waals surface area contributed by atoms with Crippen molar-refractivity contribution >= 4 is 0 Å². The average molecular weight is 286 g/mol. The van der Waals surface area contributed by atoms with Crippen LogP contribution in [-0.2, 0) is 6.54 Å². The minimum atomic E-state index is -0.385. The Morgan fingerprint density at radius 1 is 1.43 bits per heavy atom. The molecule has 1 aromatic heterocycles. The van der Waals surface area contributed by atoms with E-state index in [0.29, 0.717) is 12.1 Å². The lowest BCUT2D eigenvalue weighted by Crippen LogP contribution is -2.33. The molecule has 1 N–H and O–H groups in total. The van der Waals surface area contributed by atoms with Gasteiger partial charge in [0.15, 0.2) is 0 Å². The zero-order chi connectivity index (χ0) is 15.4. The molecule has 21 heavy (non-hydrogen) atoms. The van der Waals surface area contributed by atoms with Crippen LogP contribution in [-0.4, -0.2) is 15.8 Å². The first-order valence-corrected chi connectivity index (χ1v) is 6.94. The van der Waals surface area contributed by atoms with Crippen LogP contribution in [0.1, 0.15) is 36.6 Å². The third-order valence-corrected chi connectivity index (χ3v) is 3.68. The lowest BCUT2D eigenvalue weighted by molar-refractivity contribution is 0.365. The average Bonchev–Trinajstić information content (AvgIpc) is 2.91. The highest BCUT2D eigenvalue weighted by Gasteiger charge is 2.15. The molecule has 0 spiro atoms. The predicted molar refractivity (Wildman–Crippen MR) is 79.1 cm³/mol. The van der Waals surface area contributed by atoms with Crippen LogP contribution in [0, 0.1) is 24.1 Å². The van der Waals surface area contributed by atoms with E-state index in [4.69, 9.17) is 5.26 Å². The van der Waals surface area contributed by atoms with Gasteiger partial charge < -0.3 is 5.32 Å². The van der Waals surface area contributed by atoms with E-state index in [1.807, 2.05) is 30.1 Å². The molecular weight excluding hydrogens is 267 g/mol. The molecule has 2 atom stereocenters. The van der Waals surface area contributed by atoms with Gasteiger partial charge in [0.25, 0.3) is 0 Å². The Morgan fingerprint density at radius 2 is 2.19 bits per heavy atom. The van der Waals surface area contributed by atoms with Crippen molar-refractivity contribution in [2.75, 3.05) is 0 Å². The van der Waals surface area contributed by atoms with Gasteiger partial charge in [0.1, 0.15) is 5.82 Å².